The van der Waals surface area contributed by atoms with Crippen molar-refractivity contribution >= 4 is 23.2 Å². The molecule has 0 spiro atoms. The van der Waals surface area contributed by atoms with Crippen molar-refractivity contribution in [2.75, 3.05) is 0 Å². The summed E-state index contributed by atoms with van der Waals surface area (Å²) < 4.78 is 2.69. The lowest BCUT2D eigenvalue weighted by Gasteiger charge is -2.12. The molecule has 1 fully saturated rings. The van der Waals surface area contributed by atoms with Gasteiger partial charge in [0.2, 0.25) is 11.9 Å². The van der Waals surface area contributed by atoms with Crippen LogP contribution in [-0.2, 0) is 0 Å². The lowest BCUT2D eigenvalue weighted by molar-refractivity contribution is -0.909. The van der Waals surface area contributed by atoms with Crippen LogP contribution in [0.2, 0.25) is 10.2 Å². The van der Waals surface area contributed by atoms with Crippen LogP contribution in [0.4, 0.5) is 0 Å². The molecule has 0 amide bonds. The number of rotatable bonds is 7. The normalized spacial score (nSPS) is 13.8. The van der Waals surface area contributed by atoms with Crippen LogP contribution in [0.1, 0.15) is 42.3 Å². The molecule has 38 heavy (non-hydrogen) atoms. The van der Waals surface area contributed by atoms with Crippen molar-refractivity contribution in [3.8, 4) is 34.1 Å². The van der Waals surface area contributed by atoms with E-state index in [0.717, 1.165) is 46.4 Å². The van der Waals surface area contributed by atoms with Crippen molar-refractivity contribution in [3.63, 3.8) is 0 Å². The van der Waals surface area contributed by atoms with E-state index in [0.29, 0.717) is 38.9 Å². The molecule has 9 nitrogen and oxygen atoms in total. The summed E-state index contributed by atoms with van der Waals surface area (Å²) in [6.45, 7) is 0. The zero-order valence-electron chi connectivity index (χ0n) is 20.0. The van der Waals surface area contributed by atoms with Gasteiger partial charge in [0.05, 0.1) is 28.6 Å². The summed E-state index contributed by atoms with van der Waals surface area (Å²) >= 11 is 12.9. The molecule has 2 aromatic carbocycles. The van der Waals surface area contributed by atoms with Crippen LogP contribution in [0.5, 0.6) is 0 Å². The fourth-order valence-corrected chi connectivity index (χ4v) is 5.06. The molecule has 1 unspecified atom stereocenters. The number of tetrazole rings is 1. The summed E-state index contributed by atoms with van der Waals surface area (Å²) in [5, 5.41) is 32.6. The molecule has 2 N–H and O–H groups in total. The molecule has 188 valence electrons. The third-order valence-electron chi connectivity index (χ3n) is 6.76. The molecule has 1 atom stereocenters. The Hall–Kier alpha value is -4.26. The number of imidazole rings is 1. The Morgan fingerprint density at radius 3 is 2.58 bits per heavy atom. The summed E-state index contributed by atoms with van der Waals surface area (Å²) in [5.41, 5.74) is 5.00. The first-order valence-corrected chi connectivity index (χ1v) is 12.8. The molecular formula is C27H21Cl2N8O+. The summed E-state index contributed by atoms with van der Waals surface area (Å²) in [6, 6.07) is 18.5. The Kier molecular flexibility index (Phi) is 6.27. The largest absolute Gasteiger partial charge is 0.340 e. The number of halogens is 2. The number of hydrogen-bond acceptors (Lipinski definition) is 6. The standard InChI is InChI=1S/C27H21Cl2N8O/c28-20-8-10-23(36-15-31-34-35-36)21(12-20)19-7-9-24(37(38)14-19)22(11-16-1-2-16)27-32-25(26(29)33-27)18-5-3-17(13-30)4-6-18/h3-10,12,14-16,22,38H,1-2,11H2,(H,32,33)/q+1. The van der Waals surface area contributed by atoms with Crippen LogP contribution in [0.15, 0.2) is 67.1 Å². The van der Waals surface area contributed by atoms with Gasteiger partial charge in [-0.2, -0.15) is 9.94 Å². The number of aromatic nitrogens is 7. The fourth-order valence-electron chi connectivity index (χ4n) is 4.64. The monoisotopic (exact) mass is 543 g/mol. The van der Waals surface area contributed by atoms with Gasteiger partial charge >= 0.3 is 0 Å². The van der Waals surface area contributed by atoms with E-state index >= 15 is 0 Å². The van der Waals surface area contributed by atoms with Crippen molar-refractivity contribution in [1.29, 1.82) is 5.26 Å². The second-order valence-corrected chi connectivity index (χ2v) is 10.1. The van der Waals surface area contributed by atoms with E-state index < -0.39 is 0 Å². The van der Waals surface area contributed by atoms with Crippen molar-refractivity contribution in [3.05, 3.63) is 94.4 Å². The Morgan fingerprint density at radius 2 is 1.89 bits per heavy atom. The van der Waals surface area contributed by atoms with Gasteiger partial charge in [-0.05, 0) is 59.2 Å². The Labute approximate surface area is 227 Å². The minimum absolute atomic E-state index is 0.204. The number of nitriles is 1. The Morgan fingerprint density at radius 1 is 1.11 bits per heavy atom. The van der Waals surface area contributed by atoms with Gasteiger partial charge in [-0.25, -0.2) is 4.98 Å². The first-order chi connectivity index (χ1) is 18.5. The quantitative estimate of drug-likeness (QED) is 0.210. The zero-order valence-corrected chi connectivity index (χ0v) is 21.5. The van der Waals surface area contributed by atoms with E-state index in [4.69, 9.17) is 28.5 Å². The predicted molar refractivity (Wildman–Crippen MR) is 140 cm³/mol. The minimum Gasteiger partial charge on any atom is -0.340 e. The van der Waals surface area contributed by atoms with Crippen LogP contribution in [0.25, 0.3) is 28.1 Å². The van der Waals surface area contributed by atoms with E-state index in [1.54, 1.807) is 29.1 Å². The van der Waals surface area contributed by atoms with E-state index in [-0.39, 0.29) is 5.92 Å². The Bertz CT molecular complexity index is 1650. The third kappa shape index (κ3) is 4.72. The number of nitrogens with zero attached hydrogens (tertiary/aromatic N) is 7. The first kappa shape index (κ1) is 24.1. The topological polar surface area (TPSA) is 120 Å². The van der Waals surface area contributed by atoms with Gasteiger partial charge in [0.25, 0.3) is 0 Å². The summed E-state index contributed by atoms with van der Waals surface area (Å²) in [6.07, 6.45) is 6.28. The average Bonchev–Trinajstić information content (AvgIpc) is 3.42. The highest BCUT2D eigenvalue weighted by Gasteiger charge is 2.35. The molecule has 0 aliphatic heterocycles. The predicted octanol–water partition coefficient (Wildman–Crippen LogP) is 5.35. The molecular weight excluding hydrogens is 523 g/mol. The maximum absolute atomic E-state index is 11.2. The highest BCUT2D eigenvalue weighted by atomic mass is 35.5. The highest BCUT2D eigenvalue weighted by Crippen LogP contribution is 2.41. The van der Waals surface area contributed by atoms with Gasteiger partial charge in [0, 0.05) is 26.9 Å². The number of benzene rings is 2. The number of pyridine rings is 1. The van der Waals surface area contributed by atoms with Crippen LogP contribution >= 0.6 is 23.2 Å². The second-order valence-electron chi connectivity index (χ2n) is 9.31. The van der Waals surface area contributed by atoms with Gasteiger partial charge in [0.15, 0.2) is 5.15 Å². The summed E-state index contributed by atoms with van der Waals surface area (Å²) in [5.74, 6) is 1.03. The molecule has 11 heteroatoms. The average molecular weight is 544 g/mol. The van der Waals surface area contributed by atoms with Crippen LogP contribution < -0.4 is 4.73 Å². The van der Waals surface area contributed by atoms with Gasteiger partial charge in [-0.3, -0.25) is 5.21 Å². The smallest absolute Gasteiger partial charge is 0.244 e. The summed E-state index contributed by atoms with van der Waals surface area (Å²) in [4.78, 5) is 8.03. The molecule has 1 aliphatic rings. The third-order valence-corrected chi connectivity index (χ3v) is 7.27. The van der Waals surface area contributed by atoms with Crippen LogP contribution in [-0.4, -0.2) is 35.4 Å². The van der Waals surface area contributed by atoms with E-state index in [9.17, 15) is 5.21 Å². The molecule has 5 aromatic rings. The van der Waals surface area contributed by atoms with Crippen molar-refractivity contribution in [2.45, 2.75) is 25.2 Å². The first-order valence-electron chi connectivity index (χ1n) is 12.0. The van der Waals surface area contributed by atoms with E-state index in [2.05, 4.69) is 31.6 Å². The van der Waals surface area contributed by atoms with E-state index in [1.807, 2.05) is 36.4 Å². The number of H-pyrrole nitrogens is 1. The molecule has 1 aliphatic carbocycles. The molecule has 6 rings (SSSR count). The molecule has 1 saturated carbocycles. The maximum Gasteiger partial charge on any atom is 0.244 e. The number of aromatic amines is 1. The summed E-state index contributed by atoms with van der Waals surface area (Å²) in [7, 11) is 0. The molecule has 3 aromatic heterocycles. The van der Waals surface area contributed by atoms with Gasteiger partial charge < -0.3 is 4.98 Å². The second kappa shape index (κ2) is 9.89. The lowest BCUT2D eigenvalue weighted by atomic mass is 9.95. The maximum atomic E-state index is 11.2. The molecule has 0 radical (unpaired) electrons. The van der Waals surface area contributed by atoms with Gasteiger partial charge in [-0.1, -0.05) is 48.2 Å². The van der Waals surface area contributed by atoms with Gasteiger partial charge in [0.1, 0.15) is 18.1 Å². The highest BCUT2D eigenvalue weighted by molar-refractivity contribution is 6.32. The number of nitrogens with one attached hydrogen (secondary N) is 1. The number of hydrogen-bond donors (Lipinski definition) is 2. The SMILES string of the molecule is N#Cc1ccc(-c2[nH]c(C(CC3CC3)c3ccc(-c4cc(Cl)ccc4-n4cnnn4)c[n+]3O)nc2Cl)cc1. The lowest BCUT2D eigenvalue weighted by Crippen LogP contribution is -2.37. The zero-order chi connectivity index (χ0) is 26.2. The van der Waals surface area contributed by atoms with Crippen LogP contribution in [0.3, 0.4) is 0 Å². The molecule has 3 heterocycles. The van der Waals surface area contributed by atoms with Crippen molar-refractivity contribution in [2.24, 2.45) is 5.92 Å². The van der Waals surface area contributed by atoms with Gasteiger partial charge in [-0.15, -0.1) is 5.10 Å². The van der Waals surface area contributed by atoms with Crippen LogP contribution in [0, 0.1) is 17.2 Å². The minimum atomic E-state index is -0.204. The fraction of sp³-hybridized carbons (Fsp3) is 0.185. The Balaban J connectivity index is 1.38. The van der Waals surface area contributed by atoms with Crippen molar-refractivity contribution < 1.29 is 9.94 Å². The molecule has 0 saturated heterocycles. The molecule has 0 bridgehead atoms. The van der Waals surface area contributed by atoms with E-state index in [1.165, 1.54) is 6.33 Å². The van der Waals surface area contributed by atoms with Crippen molar-refractivity contribution in [1.82, 2.24) is 30.2 Å².